The van der Waals surface area contributed by atoms with E-state index >= 15 is 0 Å². The van der Waals surface area contributed by atoms with Crippen molar-refractivity contribution >= 4 is 44.2 Å². The fourth-order valence-corrected chi connectivity index (χ4v) is 5.46. The molecule has 0 bridgehead atoms. The monoisotopic (exact) mass is 498 g/mol. The Labute approximate surface area is 226 Å². The van der Waals surface area contributed by atoms with Crippen molar-refractivity contribution < 1.29 is 0 Å². The van der Waals surface area contributed by atoms with Crippen LogP contribution in [0.1, 0.15) is 50.7 Å². The molecule has 0 amide bonds. The number of aromatic nitrogens is 1. The number of rotatable bonds is 10. The Hall–Kier alpha value is -3.91. The van der Waals surface area contributed by atoms with Gasteiger partial charge in [-0.3, -0.25) is 4.99 Å². The van der Waals surface area contributed by atoms with E-state index < -0.39 is 0 Å². The Bertz CT molecular complexity index is 1680. The van der Waals surface area contributed by atoms with Gasteiger partial charge in [0.2, 0.25) is 0 Å². The first kappa shape index (κ1) is 25.7. The molecule has 38 heavy (non-hydrogen) atoms. The zero-order valence-corrected chi connectivity index (χ0v) is 23.0. The van der Waals surface area contributed by atoms with Gasteiger partial charge in [0.05, 0.1) is 5.71 Å². The van der Waals surface area contributed by atoms with Crippen LogP contribution in [0, 0.1) is 6.92 Å². The van der Waals surface area contributed by atoms with Gasteiger partial charge in [0.25, 0.3) is 0 Å². The van der Waals surface area contributed by atoms with E-state index in [1.807, 2.05) is 0 Å². The standard InChI is InChI=1S/C36H38N2/c1-4-6-25-37-32(30-20-12-17-28-16-11-15-27(3)35(28)30)22-9-8-10-23-33-31-21-13-18-29-19-14-24-34(36(29)31)38(33)26-7-5-2/h8-24H,4-7,25-26H2,1-3H3/b10-8+,22-9+,33-23-,37-32+. The van der Waals surface area contributed by atoms with Crippen molar-refractivity contribution in [2.45, 2.75) is 53.0 Å². The fraction of sp³-hybridized carbons (Fsp3) is 0.250. The Kier molecular flexibility index (Phi) is 8.19. The summed E-state index contributed by atoms with van der Waals surface area (Å²) in [6.45, 7) is 8.55. The Morgan fingerprint density at radius 1 is 0.763 bits per heavy atom. The number of fused-ring (bicyclic) bond motifs is 1. The third-order valence-electron chi connectivity index (χ3n) is 7.39. The van der Waals surface area contributed by atoms with E-state index in [1.54, 1.807) is 0 Å². The van der Waals surface area contributed by atoms with Crippen molar-refractivity contribution in [3.63, 3.8) is 0 Å². The van der Waals surface area contributed by atoms with Crippen LogP contribution in [0.5, 0.6) is 0 Å². The summed E-state index contributed by atoms with van der Waals surface area (Å²) in [5.74, 6) is 0. The minimum atomic E-state index is 0.848. The number of hydrogen-bond donors (Lipinski definition) is 0. The second-order valence-electron chi connectivity index (χ2n) is 10.1. The number of benzene rings is 4. The molecule has 0 saturated heterocycles. The molecule has 1 heterocycles. The largest absolute Gasteiger partial charge is 0.340 e. The first-order valence-corrected chi connectivity index (χ1v) is 14.1. The van der Waals surface area contributed by atoms with E-state index in [2.05, 4.69) is 129 Å². The highest BCUT2D eigenvalue weighted by Gasteiger charge is 2.10. The molecule has 0 radical (unpaired) electrons. The Morgan fingerprint density at radius 2 is 1.47 bits per heavy atom. The van der Waals surface area contributed by atoms with Crippen LogP contribution in [0.25, 0.3) is 38.5 Å². The number of allylic oxidation sites excluding steroid dienone is 4. The minimum absolute atomic E-state index is 0.848. The normalized spacial score (nSPS) is 13.3. The predicted molar refractivity (Wildman–Crippen MR) is 167 cm³/mol. The van der Waals surface area contributed by atoms with Crippen molar-refractivity contribution in [3.8, 4) is 0 Å². The number of nitrogens with zero attached hydrogens (tertiary/aromatic N) is 2. The molecule has 0 aliphatic heterocycles. The highest BCUT2D eigenvalue weighted by molar-refractivity contribution is 6.17. The van der Waals surface area contributed by atoms with E-state index in [0.29, 0.717) is 0 Å². The van der Waals surface area contributed by atoms with Crippen LogP contribution in [-0.2, 0) is 6.54 Å². The fourth-order valence-electron chi connectivity index (χ4n) is 5.46. The molecular weight excluding hydrogens is 460 g/mol. The smallest absolute Gasteiger partial charge is 0.0652 e. The lowest BCUT2D eigenvalue weighted by Crippen LogP contribution is -2.16. The van der Waals surface area contributed by atoms with Crippen LogP contribution in [0.15, 0.2) is 102 Å². The van der Waals surface area contributed by atoms with Gasteiger partial charge in [-0.15, -0.1) is 0 Å². The van der Waals surface area contributed by atoms with Crippen molar-refractivity contribution in [1.82, 2.24) is 4.57 Å². The third kappa shape index (κ3) is 5.22. The molecule has 5 aromatic rings. The number of aryl methyl sites for hydroxylation is 2. The van der Waals surface area contributed by atoms with E-state index in [-0.39, 0.29) is 0 Å². The zero-order valence-electron chi connectivity index (χ0n) is 23.0. The maximum atomic E-state index is 5.02. The average molecular weight is 499 g/mol. The lowest BCUT2D eigenvalue weighted by atomic mass is 9.96. The molecule has 1 aromatic heterocycles. The molecule has 0 fully saturated rings. The van der Waals surface area contributed by atoms with E-state index in [9.17, 15) is 0 Å². The molecule has 0 aliphatic carbocycles. The Morgan fingerprint density at radius 3 is 2.26 bits per heavy atom. The maximum absolute atomic E-state index is 5.02. The molecule has 0 N–H and O–H groups in total. The second kappa shape index (κ2) is 12.1. The molecule has 0 spiro atoms. The van der Waals surface area contributed by atoms with Crippen LogP contribution in [0.4, 0.5) is 0 Å². The molecular formula is C36H38N2. The first-order valence-electron chi connectivity index (χ1n) is 14.1. The molecule has 0 atom stereocenters. The third-order valence-corrected chi connectivity index (χ3v) is 7.39. The van der Waals surface area contributed by atoms with Crippen molar-refractivity contribution in [2.75, 3.05) is 6.54 Å². The highest BCUT2D eigenvalue weighted by atomic mass is 15.0. The molecule has 0 saturated carbocycles. The van der Waals surface area contributed by atoms with Gasteiger partial charge in [-0.25, -0.2) is 0 Å². The summed E-state index contributed by atoms with van der Waals surface area (Å²) >= 11 is 0. The predicted octanol–water partition coefficient (Wildman–Crippen LogP) is 8.96. The van der Waals surface area contributed by atoms with Gasteiger partial charge in [-0.2, -0.15) is 0 Å². The van der Waals surface area contributed by atoms with Gasteiger partial charge < -0.3 is 4.57 Å². The lowest BCUT2D eigenvalue weighted by molar-refractivity contribution is 0.640. The summed E-state index contributed by atoms with van der Waals surface area (Å²) in [6, 6.07) is 26.4. The molecule has 5 rings (SSSR count). The van der Waals surface area contributed by atoms with Gasteiger partial charge in [0, 0.05) is 40.3 Å². The first-order chi connectivity index (χ1) is 18.7. The SMILES string of the molecule is CCCC\N=C(/C=C/C=C/C=c1/c2cccc3cccc(c32)n1CCCC)c1cccc2cccc(C)c12. The van der Waals surface area contributed by atoms with Gasteiger partial charge in [0.1, 0.15) is 0 Å². The molecule has 0 unspecified atom stereocenters. The quantitative estimate of drug-likeness (QED) is 0.104. The summed E-state index contributed by atoms with van der Waals surface area (Å²) in [5.41, 5.74) is 4.89. The van der Waals surface area contributed by atoms with Gasteiger partial charge in [-0.1, -0.05) is 112 Å². The van der Waals surface area contributed by atoms with Gasteiger partial charge in [-0.05, 0) is 59.7 Å². The van der Waals surface area contributed by atoms with Crippen molar-refractivity contribution in [2.24, 2.45) is 4.99 Å². The van der Waals surface area contributed by atoms with Gasteiger partial charge >= 0.3 is 0 Å². The molecule has 0 aliphatic rings. The van der Waals surface area contributed by atoms with Crippen LogP contribution >= 0.6 is 0 Å². The molecule has 2 heteroatoms. The van der Waals surface area contributed by atoms with Crippen LogP contribution in [0.2, 0.25) is 0 Å². The van der Waals surface area contributed by atoms with Crippen LogP contribution in [0.3, 0.4) is 0 Å². The van der Waals surface area contributed by atoms with Crippen molar-refractivity contribution in [1.29, 1.82) is 0 Å². The second-order valence-corrected chi connectivity index (χ2v) is 10.1. The van der Waals surface area contributed by atoms with Gasteiger partial charge in [0.15, 0.2) is 0 Å². The Balaban J connectivity index is 1.52. The average Bonchev–Trinajstić information content (AvgIpc) is 3.24. The van der Waals surface area contributed by atoms with E-state index in [0.717, 1.165) is 31.6 Å². The lowest BCUT2D eigenvalue weighted by Gasteiger charge is -2.10. The molecule has 192 valence electrons. The number of unbranched alkanes of at least 4 members (excludes halogenated alkanes) is 2. The number of aliphatic imine (C=N–C) groups is 1. The summed E-state index contributed by atoms with van der Waals surface area (Å²) < 4.78 is 2.49. The van der Waals surface area contributed by atoms with E-state index in [4.69, 9.17) is 4.99 Å². The van der Waals surface area contributed by atoms with Crippen molar-refractivity contribution in [3.05, 3.63) is 114 Å². The summed E-state index contributed by atoms with van der Waals surface area (Å²) in [6.07, 6.45) is 15.5. The summed E-state index contributed by atoms with van der Waals surface area (Å²) in [7, 11) is 0. The topological polar surface area (TPSA) is 17.3 Å². The molecule has 2 nitrogen and oxygen atoms in total. The zero-order chi connectivity index (χ0) is 26.3. The highest BCUT2D eigenvalue weighted by Crippen LogP contribution is 2.26. The van der Waals surface area contributed by atoms with Crippen LogP contribution in [-0.4, -0.2) is 16.8 Å². The molecule has 4 aromatic carbocycles. The number of hydrogen-bond acceptors (Lipinski definition) is 1. The van der Waals surface area contributed by atoms with E-state index in [1.165, 1.54) is 61.8 Å². The summed E-state index contributed by atoms with van der Waals surface area (Å²) in [4.78, 5) is 5.02. The summed E-state index contributed by atoms with van der Waals surface area (Å²) in [5, 5.41) is 7.86. The maximum Gasteiger partial charge on any atom is 0.0652 e. The van der Waals surface area contributed by atoms with Crippen LogP contribution < -0.4 is 5.35 Å². The minimum Gasteiger partial charge on any atom is -0.340 e.